The number of rotatable bonds is 4. The quantitative estimate of drug-likeness (QED) is 0.789. The van der Waals surface area contributed by atoms with Gasteiger partial charge < -0.3 is 5.32 Å². The lowest BCUT2D eigenvalue weighted by Gasteiger charge is -2.08. The van der Waals surface area contributed by atoms with Crippen LogP contribution in [0.2, 0.25) is 0 Å². The Balaban J connectivity index is 1.67. The van der Waals surface area contributed by atoms with Crippen LogP contribution in [0.3, 0.4) is 0 Å². The fraction of sp³-hybridized carbons (Fsp3) is 0.125. The smallest absolute Gasteiger partial charge is 0.261 e. The molecule has 0 spiro atoms. The van der Waals surface area contributed by atoms with Crippen molar-refractivity contribution in [3.05, 3.63) is 70.8 Å². The van der Waals surface area contributed by atoms with E-state index in [1.807, 2.05) is 0 Å². The Labute approximate surface area is 130 Å². The van der Waals surface area contributed by atoms with Crippen molar-refractivity contribution in [3.8, 4) is 0 Å². The van der Waals surface area contributed by atoms with Crippen LogP contribution < -0.4 is 10.9 Å². The zero-order valence-electron chi connectivity index (χ0n) is 12.1. The molecule has 6 nitrogen and oxygen atoms in total. The molecular weight excluding hydrogens is 299 g/mol. The van der Waals surface area contributed by atoms with Gasteiger partial charge >= 0.3 is 0 Å². The summed E-state index contributed by atoms with van der Waals surface area (Å²) in [5.74, 6) is -0.721. The van der Waals surface area contributed by atoms with Crippen LogP contribution in [0.4, 0.5) is 4.39 Å². The van der Waals surface area contributed by atoms with Crippen LogP contribution >= 0.6 is 0 Å². The second-order valence-electron chi connectivity index (χ2n) is 4.90. The van der Waals surface area contributed by atoms with Crippen molar-refractivity contribution in [2.24, 2.45) is 0 Å². The summed E-state index contributed by atoms with van der Waals surface area (Å²) in [6.45, 7) is 0.547. The molecule has 0 saturated heterocycles. The third kappa shape index (κ3) is 3.23. The SMILES string of the molecule is O=C(NCCn1cnc2cnccc2c1=O)c1ccc(F)cc1. The first-order chi connectivity index (χ1) is 11.1. The highest BCUT2D eigenvalue weighted by Gasteiger charge is 2.06. The molecule has 1 N–H and O–H groups in total. The minimum atomic E-state index is -0.398. The van der Waals surface area contributed by atoms with Gasteiger partial charge in [-0.1, -0.05) is 0 Å². The first-order valence-corrected chi connectivity index (χ1v) is 6.98. The van der Waals surface area contributed by atoms with E-state index >= 15 is 0 Å². The molecule has 2 aromatic heterocycles. The van der Waals surface area contributed by atoms with Crippen LogP contribution in [0, 0.1) is 5.82 Å². The molecule has 0 radical (unpaired) electrons. The molecule has 2 heterocycles. The van der Waals surface area contributed by atoms with Gasteiger partial charge in [0, 0.05) is 24.8 Å². The van der Waals surface area contributed by atoms with Crippen molar-refractivity contribution < 1.29 is 9.18 Å². The Bertz CT molecular complexity index is 906. The van der Waals surface area contributed by atoms with Gasteiger partial charge in [0.15, 0.2) is 0 Å². The van der Waals surface area contributed by atoms with Crippen LogP contribution in [-0.2, 0) is 6.54 Å². The average Bonchev–Trinajstić information content (AvgIpc) is 2.57. The second-order valence-corrected chi connectivity index (χ2v) is 4.90. The van der Waals surface area contributed by atoms with E-state index in [0.717, 1.165) is 0 Å². The van der Waals surface area contributed by atoms with E-state index in [0.29, 0.717) is 16.5 Å². The highest BCUT2D eigenvalue weighted by molar-refractivity contribution is 5.94. The van der Waals surface area contributed by atoms with Crippen LogP contribution in [-0.4, -0.2) is 27.0 Å². The van der Waals surface area contributed by atoms with E-state index in [1.165, 1.54) is 47.6 Å². The largest absolute Gasteiger partial charge is 0.350 e. The minimum Gasteiger partial charge on any atom is -0.350 e. The molecule has 0 aliphatic carbocycles. The number of carbonyl (C=O) groups excluding carboxylic acids is 1. The number of pyridine rings is 1. The lowest BCUT2D eigenvalue weighted by Crippen LogP contribution is -2.31. The number of nitrogens with one attached hydrogen (secondary N) is 1. The van der Waals surface area contributed by atoms with Crippen molar-refractivity contribution in [1.82, 2.24) is 19.9 Å². The molecule has 1 amide bonds. The molecule has 116 valence electrons. The summed E-state index contributed by atoms with van der Waals surface area (Å²) in [5, 5.41) is 3.16. The molecule has 1 aromatic carbocycles. The van der Waals surface area contributed by atoms with E-state index in [-0.39, 0.29) is 24.6 Å². The third-order valence-corrected chi connectivity index (χ3v) is 3.37. The maximum Gasteiger partial charge on any atom is 0.261 e. The molecular formula is C16H13FN4O2. The zero-order chi connectivity index (χ0) is 16.2. The number of hydrogen-bond acceptors (Lipinski definition) is 4. The van der Waals surface area contributed by atoms with Crippen LogP contribution in [0.5, 0.6) is 0 Å². The van der Waals surface area contributed by atoms with Gasteiger partial charge in [-0.2, -0.15) is 0 Å². The van der Waals surface area contributed by atoms with E-state index < -0.39 is 5.82 Å². The zero-order valence-corrected chi connectivity index (χ0v) is 12.1. The van der Waals surface area contributed by atoms with E-state index in [9.17, 15) is 14.0 Å². The molecule has 0 aliphatic rings. The van der Waals surface area contributed by atoms with Gasteiger partial charge in [0.05, 0.1) is 23.4 Å². The molecule has 3 rings (SSSR count). The summed E-state index contributed by atoms with van der Waals surface area (Å²) in [4.78, 5) is 32.2. The molecule has 3 aromatic rings. The summed E-state index contributed by atoms with van der Waals surface area (Å²) < 4.78 is 14.2. The van der Waals surface area contributed by atoms with Gasteiger partial charge in [0.2, 0.25) is 0 Å². The lowest BCUT2D eigenvalue weighted by molar-refractivity contribution is 0.0952. The van der Waals surface area contributed by atoms with E-state index in [4.69, 9.17) is 0 Å². The second kappa shape index (κ2) is 6.35. The Hall–Kier alpha value is -3.09. The average molecular weight is 312 g/mol. The summed E-state index contributed by atoms with van der Waals surface area (Å²) in [5.41, 5.74) is 0.707. The normalized spacial score (nSPS) is 10.7. The van der Waals surface area contributed by atoms with Crippen molar-refractivity contribution in [2.75, 3.05) is 6.54 Å². The van der Waals surface area contributed by atoms with Crippen molar-refractivity contribution in [1.29, 1.82) is 0 Å². The monoisotopic (exact) mass is 312 g/mol. The molecule has 0 fully saturated rings. The van der Waals surface area contributed by atoms with Gasteiger partial charge in [0.1, 0.15) is 5.82 Å². The maximum atomic E-state index is 12.8. The fourth-order valence-corrected chi connectivity index (χ4v) is 2.16. The minimum absolute atomic E-state index is 0.187. The number of amides is 1. The van der Waals surface area contributed by atoms with Gasteiger partial charge in [-0.05, 0) is 30.3 Å². The third-order valence-electron chi connectivity index (χ3n) is 3.37. The van der Waals surface area contributed by atoms with Crippen LogP contribution in [0.15, 0.2) is 53.8 Å². The number of fused-ring (bicyclic) bond motifs is 1. The number of halogens is 1. The summed E-state index contributed by atoms with van der Waals surface area (Å²) in [7, 11) is 0. The Morgan fingerprint density at radius 3 is 2.78 bits per heavy atom. The topological polar surface area (TPSA) is 76.9 Å². The maximum absolute atomic E-state index is 12.8. The van der Waals surface area contributed by atoms with Gasteiger partial charge in [-0.3, -0.25) is 19.1 Å². The van der Waals surface area contributed by atoms with Gasteiger partial charge in [-0.25, -0.2) is 9.37 Å². The Kier molecular flexibility index (Phi) is 4.09. The van der Waals surface area contributed by atoms with Crippen LogP contribution in [0.1, 0.15) is 10.4 Å². The van der Waals surface area contributed by atoms with Crippen molar-refractivity contribution >= 4 is 16.8 Å². The highest BCUT2D eigenvalue weighted by Crippen LogP contribution is 2.03. The number of carbonyl (C=O) groups is 1. The predicted octanol–water partition coefficient (Wildman–Crippen LogP) is 1.36. The van der Waals surface area contributed by atoms with E-state index in [2.05, 4.69) is 15.3 Å². The first-order valence-electron chi connectivity index (χ1n) is 6.98. The molecule has 0 aliphatic heterocycles. The highest BCUT2D eigenvalue weighted by atomic mass is 19.1. The number of nitrogens with zero attached hydrogens (tertiary/aromatic N) is 3. The van der Waals surface area contributed by atoms with Gasteiger partial charge in [0.25, 0.3) is 11.5 Å². The number of hydrogen-bond donors (Lipinski definition) is 1. The summed E-state index contributed by atoms with van der Waals surface area (Å²) in [6.07, 6.45) is 4.49. The van der Waals surface area contributed by atoms with E-state index in [1.54, 1.807) is 6.07 Å². The number of aromatic nitrogens is 3. The predicted molar refractivity (Wildman–Crippen MR) is 82.5 cm³/mol. The number of benzene rings is 1. The van der Waals surface area contributed by atoms with Crippen molar-refractivity contribution in [2.45, 2.75) is 6.54 Å². The molecule has 0 bridgehead atoms. The van der Waals surface area contributed by atoms with Gasteiger partial charge in [-0.15, -0.1) is 0 Å². The fourth-order valence-electron chi connectivity index (χ4n) is 2.16. The molecule has 0 unspecified atom stereocenters. The molecule has 7 heteroatoms. The summed E-state index contributed by atoms with van der Waals surface area (Å²) >= 11 is 0. The molecule has 0 atom stereocenters. The Morgan fingerprint density at radius 1 is 1.22 bits per heavy atom. The molecule has 0 saturated carbocycles. The summed E-state index contributed by atoms with van der Waals surface area (Å²) in [6, 6.07) is 6.86. The Morgan fingerprint density at radius 2 is 2.00 bits per heavy atom. The lowest BCUT2D eigenvalue weighted by atomic mass is 10.2. The molecule has 23 heavy (non-hydrogen) atoms. The van der Waals surface area contributed by atoms with Crippen molar-refractivity contribution in [3.63, 3.8) is 0 Å². The van der Waals surface area contributed by atoms with Crippen LogP contribution in [0.25, 0.3) is 10.9 Å². The first kappa shape index (κ1) is 14.8. The standard InChI is InChI=1S/C16H13FN4O2/c17-12-3-1-11(2-4-12)15(22)19-7-8-21-10-20-14-9-18-6-5-13(14)16(21)23/h1-6,9-10H,7-8H2,(H,19,22).